The summed E-state index contributed by atoms with van der Waals surface area (Å²) in [5.41, 5.74) is 0. The van der Waals surface area contributed by atoms with Crippen molar-refractivity contribution < 1.29 is 9.59 Å². The number of unbranched alkanes of at least 4 members (excludes halogenated alkanes) is 19. The smallest absolute Gasteiger partial charge is 0.219 e. The van der Waals surface area contributed by atoms with E-state index in [0.717, 1.165) is 38.5 Å². The highest BCUT2D eigenvalue weighted by Gasteiger charge is 2.02. The van der Waals surface area contributed by atoms with Gasteiger partial charge in [0.15, 0.2) is 0 Å². The molecule has 0 unspecified atom stereocenters. The van der Waals surface area contributed by atoms with E-state index in [4.69, 9.17) is 0 Å². The van der Waals surface area contributed by atoms with E-state index in [1.807, 2.05) is 0 Å². The first-order valence-corrected chi connectivity index (χ1v) is 17.5. The Morgan fingerprint density at radius 2 is 0.700 bits per heavy atom. The van der Waals surface area contributed by atoms with Gasteiger partial charge in [-0.25, -0.2) is 0 Å². The van der Waals surface area contributed by atoms with Crippen LogP contribution < -0.4 is 10.6 Å². The molecule has 0 atom stereocenters. The summed E-state index contributed by atoms with van der Waals surface area (Å²) in [6, 6.07) is 0. The van der Waals surface area contributed by atoms with E-state index in [1.54, 1.807) is 0 Å². The molecule has 0 aromatic heterocycles. The molecule has 40 heavy (non-hydrogen) atoms. The van der Waals surface area contributed by atoms with Crippen LogP contribution in [0.4, 0.5) is 0 Å². The fourth-order valence-electron chi connectivity index (χ4n) is 4.89. The topological polar surface area (TPSA) is 58.2 Å². The Balaban J connectivity index is 3.32. The molecule has 0 saturated carbocycles. The third kappa shape index (κ3) is 32.6. The molecule has 234 valence electrons. The summed E-state index contributed by atoms with van der Waals surface area (Å²) in [5, 5.41) is 6.06. The van der Waals surface area contributed by atoms with Crippen LogP contribution in [-0.2, 0) is 9.59 Å². The van der Waals surface area contributed by atoms with Crippen molar-refractivity contribution in [3.05, 3.63) is 24.3 Å². The van der Waals surface area contributed by atoms with Crippen molar-refractivity contribution >= 4 is 11.8 Å². The summed E-state index contributed by atoms with van der Waals surface area (Å²) >= 11 is 0. The molecule has 0 saturated heterocycles. The van der Waals surface area contributed by atoms with Gasteiger partial charge in [0, 0.05) is 25.9 Å². The monoisotopic (exact) mass is 561 g/mol. The first-order valence-electron chi connectivity index (χ1n) is 17.5. The van der Waals surface area contributed by atoms with Gasteiger partial charge in [-0.3, -0.25) is 9.59 Å². The number of rotatable bonds is 31. The van der Waals surface area contributed by atoms with E-state index < -0.39 is 0 Å². The lowest BCUT2D eigenvalue weighted by Gasteiger charge is -2.07. The van der Waals surface area contributed by atoms with Crippen LogP contribution in [0.15, 0.2) is 24.3 Å². The van der Waals surface area contributed by atoms with Crippen molar-refractivity contribution in [2.75, 3.05) is 13.1 Å². The van der Waals surface area contributed by atoms with Gasteiger partial charge in [0.2, 0.25) is 11.8 Å². The maximum Gasteiger partial charge on any atom is 0.219 e. The van der Waals surface area contributed by atoms with Crippen molar-refractivity contribution in [1.82, 2.24) is 10.6 Å². The SMILES string of the molecule is CCCCCCC=CCCCCCCCC(=O)NCCCCNC(=O)CCCCCCCC=CCCCCCC. The molecule has 2 N–H and O–H groups in total. The molecule has 0 aliphatic heterocycles. The minimum absolute atomic E-state index is 0.175. The summed E-state index contributed by atoms with van der Waals surface area (Å²) in [6.07, 6.45) is 40.0. The number of hydrogen-bond donors (Lipinski definition) is 2. The lowest BCUT2D eigenvalue weighted by molar-refractivity contribution is -0.122. The quantitative estimate of drug-likeness (QED) is 0.0654. The van der Waals surface area contributed by atoms with Crippen LogP contribution in [0.25, 0.3) is 0 Å². The van der Waals surface area contributed by atoms with Crippen molar-refractivity contribution in [3.8, 4) is 0 Å². The van der Waals surface area contributed by atoms with Gasteiger partial charge < -0.3 is 10.6 Å². The van der Waals surface area contributed by atoms with E-state index >= 15 is 0 Å². The molecule has 0 heterocycles. The predicted octanol–water partition coefficient (Wildman–Crippen LogP) is 10.5. The van der Waals surface area contributed by atoms with E-state index in [-0.39, 0.29) is 11.8 Å². The van der Waals surface area contributed by atoms with E-state index in [0.29, 0.717) is 25.9 Å². The molecular weight excluding hydrogens is 492 g/mol. The van der Waals surface area contributed by atoms with Crippen molar-refractivity contribution in [3.63, 3.8) is 0 Å². The molecule has 0 aromatic rings. The minimum Gasteiger partial charge on any atom is -0.356 e. The number of carbonyl (C=O) groups excluding carboxylic acids is 2. The van der Waals surface area contributed by atoms with Crippen LogP contribution in [0.1, 0.15) is 181 Å². The maximum absolute atomic E-state index is 12.0. The summed E-state index contributed by atoms with van der Waals surface area (Å²) < 4.78 is 0. The Hall–Kier alpha value is -1.58. The molecule has 4 nitrogen and oxygen atoms in total. The van der Waals surface area contributed by atoms with E-state index in [9.17, 15) is 9.59 Å². The lowest BCUT2D eigenvalue weighted by Crippen LogP contribution is -2.27. The van der Waals surface area contributed by atoms with E-state index in [2.05, 4.69) is 48.8 Å². The molecule has 0 radical (unpaired) electrons. The third-order valence-corrected chi connectivity index (χ3v) is 7.58. The highest BCUT2D eigenvalue weighted by atomic mass is 16.2. The number of nitrogens with one attached hydrogen (secondary N) is 2. The van der Waals surface area contributed by atoms with Crippen LogP contribution >= 0.6 is 0 Å². The molecule has 0 spiro atoms. The van der Waals surface area contributed by atoms with Gasteiger partial charge in [-0.15, -0.1) is 0 Å². The first-order chi connectivity index (χ1) is 19.7. The van der Waals surface area contributed by atoms with Crippen molar-refractivity contribution in [1.29, 1.82) is 0 Å². The Bertz CT molecular complexity index is 548. The lowest BCUT2D eigenvalue weighted by atomic mass is 10.1. The standard InChI is InChI=1S/C36H68N2O2/c1-3-5-7-9-11-13-15-17-19-21-23-25-27-31-35(39)37-33-29-30-34-38-36(40)32-28-26-24-22-20-18-16-14-12-10-8-6-4-2/h13-16H,3-12,17-34H2,1-2H3,(H,37,39)(H,38,40). The zero-order valence-electron chi connectivity index (χ0n) is 26.9. The molecule has 2 amide bonds. The molecule has 0 aliphatic carbocycles. The zero-order chi connectivity index (χ0) is 29.2. The summed E-state index contributed by atoms with van der Waals surface area (Å²) in [5.74, 6) is 0.349. The predicted molar refractivity (Wildman–Crippen MR) is 176 cm³/mol. The molecule has 0 bridgehead atoms. The fourth-order valence-corrected chi connectivity index (χ4v) is 4.89. The van der Waals surface area contributed by atoms with Crippen LogP contribution in [0.2, 0.25) is 0 Å². The first kappa shape index (κ1) is 38.4. The number of hydrogen-bond acceptors (Lipinski definition) is 2. The van der Waals surface area contributed by atoms with Gasteiger partial charge in [-0.2, -0.15) is 0 Å². The van der Waals surface area contributed by atoms with Crippen molar-refractivity contribution in [2.45, 2.75) is 181 Å². The fraction of sp³-hybridized carbons (Fsp3) is 0.833. The summed E-state index contributed by atoms with van der Waals surface area (Å²) in [6.45, 7) is 5.95. The largest absolute Gasteiger partial charge is 0.356 e. The Morgan fingerprint density at radius 3 is 1.05 bits per heavy atom. The second-order valence-corrected chi connectivity index (χ2v) is 11.7. The molecule has 0 rings (SSSR count). The average molecular weight is 561 g/mol. The second kappa shape index (κ2) is 33.6. The highest BCUT2D eigenvalue weighted by molar-refractivity contribution is 5.76. The summed E-state index contributed by atoms with van der Waals surface area (Å²) in [4.78, 5) is 24.0. The second-order valence-electron chi connectivity index (χ2n) is 11.7. The highest BCUT2D eigenvalue weighted by Crippen LogP contribution is 2.10. The normalized spacial score (nSPS) is 11.6. The average Bonchev–Trinajstić information content (AvgIpc) is 2.95. The van der Waals surface area contributed by atoms with E-state index in [1.165, 1.54) is 116 Å². The van der Waals surface area contributed by atoms with Gasteiger partial charge in [-0.05, 0) is 77.0 Å². The van der Waals surface area contributed by atoms with Crippen LogP contribution in [0.3, 0.4) is 0 Å². The maximum atomic E-state index is 12.0. The molecular formula is C36H68N2O2. The van der Waals surface area contributed by atoms with Crippen LogP contribution in [0, 0.1) is 0 Å². The molecule has 4 heteroatoms. The van der Waals surface area contributed by atoms with Gasteiger partial charge in [0.25, 0.3) is 0 Å². The Morgan fingerprint density at radius 1 is 0.400 bits per heavy atom. The Labute approximate surface area is 250 Å². The van der Waals surface area contributed by atoms with Gasteiger partial charge in [-0.1, -0.05) is 115 Å². The van der Waals surface area contributed by atoms with Crippen LogP contribution in [0.5, 0.6) is 0 Å². The molecule has 0 aliphatic rings. The third-order valence-electron chi connectivity index (χ3n) is 7.58. The van der Waals surface area contributed by atoms with Gasteiger partial charge in [0.1, 0.15) is 0 Å². The molecule has 0 aromatic carbocycles. The van der Waals surface area contributed by atoms with Gasteiger partial charge in [0.05, 0.1) is 0 Å². The summed E-state index contributed by atoms with van der Waals surface area (Å²) in [7, 11) is 0. The number of carbonyl (C=O) groups is 2. The minimum atomic E-state index is 0.175. The molecule has 0 fully saturated rings. The zero-order valence-corrected chi connectivity index (χ0v) is 26.9. The van der Waals surface area contributed by atoms with Gasteiger partial charge >= 0.3 is 0 Å². The number of amides is 2. The van der Waals surface area contributed by atoms with Crippen LogP contribution in [-0.4, -0.2) is 24.9 Å². The van der Waals surface area contributed by atoms with Crippen molar-refractivity contribution in [2.24, 2.45) is 0 Å². The number of allylic oxidation sites excluding steroid dienone is 4. The Kier molecular flexibility index (Phi) is 32.3.